The molecular formula is C32H39N5O6S. The SMILES string of the molecule is CCOC(=O)N1CC=C(C)CC1C(=O)[C@H](Cc1cccc(C#N)c1)NS(=O)(=O)[C@]1(CC(=O)N(C)C)NCCc2ccccc21. The summed E-state index contributed by atoms with van der Waals surface area (Å²) in [5.41, 5.74) is 3.03. The fourth-order valence-corrected chi connectivity index (χ4v) is 7.63. The van der Waals surface area contributed by atoms with E-state index in [2.05, 4.69) is 16.1 Å². The van der Waals surface area contributed by atoms with Crippen LogP contribution in [0.4, 0.5) is 4.79 Å². The third kappa shape index (κ3) is 6.85. The maximum Gasteiger partial charge on any atom is 0.410 e. The van der Waals surface area contributed by atoms with Gasteiger partial charge in [-0.15, -0.1) is 0 Å². The first kappa shape index (κ1) is 32.9. The van der Waals surface area contributed by atoms with Crippen LogP contribution in [0.5, 0.6) is 0 Å². The molecule has 2 amide bonds. The lowest BCUT2D eigenvalue weighted by Gasteiger charge is -2.41. The normalized spacial score (nSPS) is 20.5. The first-order valence-electron chi connectivity index (χ1n) is 14.6. The fourth-order valence-electron chi connectivity index (χ4n) is 5.76. The number of hydrogen-bond acceptors (Lipinski definition) is 8. The highest BCUT2D eigenvalue weighted by molar-refractivity contribution is 7.90. The average molecular weight is 622 g/mol. The van der Waals surface area contributed by atoms with E-state index < -0.39 is 51.2 Å². The summed E-state index contributed by atoms with van der Waals surface area (Å²) in [6.45, 7) is 4.07. The fraction of sp³-hybridized carbons (Fsp3) is 0.438. The molecule has 2 aliphatic rings. The topological polar surface area (TPSA) is 149 Å². The van der Waals surface area contributed by atoms with Gasteiger partial charge < -0.3 is 9.64 Å². The molecule has 0 saturated carbocycles. The second-order valence-electron chi connectivity index (χ2n) is 11.3. The summed E-state index contributed by atoms with van der Waals surface area (Å²) in [7, 11) is -1.40. The van der Waals surface area contributed by atoms with Gasteiger partial charge in [0.05, 0.1) is 36.7 Å². The van der Waals surface area contributed by atoms with E-state index in [9.17, 15) is 28.1 Å². The lowest BCUT2D eigenvalue weighted by Crippen LogP contribution is -2.62. The number of nitriles is 1. The minimum absolute atomic E-state index is 0.0805. The highest BCUT2D eigenvalue weighted by atomic mass is 32.2. The first-order valence-corrected chi connectivity index (χ1v) is 16.1. The number of ether oxygens (including phenoxy) is 1. The number of carbonyl (C=O) groups is 3. The van der Waals surface area contributed by atoms with E-state index in [1.807, 2.05) is 25.1 Å². The maximum atomic E-state index is 14.7. The van der Waals surface area contributed by atoms with Gasteiger partial charge in [0.2, 0.25) is 15.9 Å². The van der Waals surface area contributed by atoms with E-state index in [0.29, 0.717) is 29.7 Å². The number of rotatable bonds is 10. The summed E-state index contributed by atoms with van der Waals surface area (Å²) < 4.78 is 37.2. The molecule has 2 aromatic carbocycles. The molecular weight excluding hydrogens is 582 g/mol. The highest BCUT2D eigenvalue weighted by Gasteiger charge is 2.51. The third-order valence-electron chi connectivity index (χ3n) is 8.11. The van der Waals surface area contributed by atoms with Crippen molar-refractivity contribution >= 4 is 27.8 Å². The standard InChI is InChI=1S/C32H39N5O6S/c1-5-43-31(40)37-16-14-22(2)17-28(37)30(39)27(19-23-9-8-10-24(18-23)21-33)35-44(41,42)32(20-29(38)36(3)4)26-12-7-6-11-25(26)13-15-34-32/h6-12,14,18,27-28,34-35H,5,13,15-17,19-20H2,1-4H3/t27-,28?,32-/m0/s1. The second-order valence-corrected chi connectivity index (χ2v) is 13.3. The largest absolute Gasteiger partial charge is 0.450 e. The third-order valence-corrected chi connectivity index (χ3v) is 10.1. The molecule has 2 N–H and O–H groups in total. The molecule has 1 unspecified atom stereocenters. The molecule has 2 aromatic rings. The lowest BCUT2D eigenvalue weighted by atomic mass is 9.91. The Morgan fingerprint density at radius 2 is 1.95 bits per heavy atom. The smallest absolute Gasteiger partial charge is 0.410 e. The van der Waals surface area contributed by atoms with Crippen LogP contribution in [0, 0.1) is 11.3 Å². The van der Waals surface area contributed by atoms with E-state index in [4.69, 9.17) is 4.74 Å². The second kappa shape index (κ2) is 13.7. The molecule has 0 saturated heterocycles. The Bertz CT molecular complexity index is 1600. The molecule has 11 nitrogen and oxygen atoms in total. The number of ketones is 1. The number of hydrogen-bond donors (Lipinski definition) is 2. The number of benzene rings is 2. The van der Waals surface area contributed by atoms with Crippen molar-refractivity contribution in [2.45, 2.75) is 56.5 Å². The Morgan fingerprint density at radius 3 is 2.66 bits per heavy atom. The van der Waals surface area contributed by atoms with E-state index in [-0.39, 0.29) is 26.0 Å². The van der Waals surface area contributed by atoms with Crippen molar-refractivity contribution < 1.29 is 27.5 Å². The molecule has 0 spiro atoms. The van der Waals surface area contributed by atoms with Gasteiger partial charge in [0, 0.05) is 27.2 Å². The molecule has 0 aliphatic carbocycles. The van der Waals surface area contributed by atoms with Crippen molar-refractivity contribution in [3.05, 3.63) is 82.4 Å². The Kier molecular flexibility index (Phi) is 10.2. The Morgan fingerprint density at radius 1 is 1.20 bits per heavy atom. The minimum Gasteiger partial charge on any atom is -0.450 e. The van der Waals surface area contributed by atoms with E-state index >= 15 is 0 Å². The maximum absolute atomic E-state index is 14.7. The summed E-state index contributed by atoms with van der Waals surface area (Å²) in [5, 5.41) is 12.6. The zero-order valence-electron chi connectivity index (χ0n) is 25.5. The van der Waals surface area contributed by atoms with Crippen molar-refractivity contribution in [3.63, 3.8) is 0 Å². The molecule has 2 aliphatic heterocycles. The molecule has 4 rings (SSSR count). The van der Waals surface area contributed by atoms with Gasteiger partial charge in [0.25, 0.3) is 0 Å². The summed E-state index contributed by atoms with van der Waals surface area (Å²) in [5.74, 6) is -0.930. The summed E-state index contributed by atoms with van der Waals surface area (Å²) in [4.78, 5) is 41.2. The van der Waals surface area contributed by atoms with Crippen LogP contribution in [0.3, 0.4) is 0 Å². The molecule has 2 heterocycles. The first-order chi connectivity index (χ1) is 20.9. The van der Waals surface area contributed by atoms with Crippen LogP contribution in [0.15, 0.2) is 60.2 Å². The predicted octanol–water partition coefficient (Wildman–Crippen LogP) is 2.61. The number of fused-ring (bicyclic) bond motifs is 1. The van der Waals surface area contributed by atoms with E-state index in [0.717, 1.165) is 11.1 Å². The Hall–Kier alpha value is -4.05. The van der Waals surface area contributed by atoms with Gasteiger partial charge in [-0.2, -0.15) is 5.26 Å². The van der Waals surface area contributed by atoms with Crippen LogP contribution >= 0.6 is 0 Å². The van der Waals surface area contributed by atoms with Crippen molar-refractivity contribution in [1.82, 2.24) is 19.8 Å². The zero-order chi connectivity index (χ0) is 32.1. The quantitative estimate of drug-likeness (QED) is 0.385. The molecule has 12 heteroatoms. The Balaban J connectivity index is 1.81. The van der Waals surface area contributed by atoms with Gasteiger partial charge in [0.1, 0.15) is 0 Å². The van der Waals surface area contributed by atoms with Gasteiger partial charge in [-0.3, -0.25) is 19.8 Å². The monoisotopic (exact) mass is 621 g/mol. The lowest BCUT2D eigenvalue weighted by molar-refractivity contribution is -0.129. The van der Waals surface area contributed by atoms with Crippen molar-refractivity contribution in [2.24, 2.45) is 0 Å². The minimum atomic E-state index is -4.51. The summed E-state index contributed by atoms with van der Waals surface area (Å²) in [6.07, 6.45) is 1.45. The van der Waals surface area contributed by atoms with Crippen molar-refractivity contribution in [2.75, 3.05) is 33.8 Å². The van der Waals surface area contributed by atoms with Crippen LogP contribution in [0.25, 0.3) is 0 Å². The molecule has 0 aromatic heterocycles. The van der Waals surface area contributed by atoms with Crippen LogP contribution in [0.1, 0.15) is 48.9 Å². The van der Waals surface area contributed by atoms with Crippen molar-refractivity contribution in [1.29, 1.82) is 5.26 Å². The van der Waals surface area contributed by atoms with Crippen LogP contribution < -0.4 is 10.0 Å². The average Bonchev–Trinajstić information content (AvgIpc) is 3.00. The van der Waals surface area contributed by atoms with Gasteiger partial charge in [0.15, 0.2) is 10.7 Å². The number of amides is 2. The predicted molar refractivity (Wildman–Crippen MR) is 165 cm³/mol. The van der Waals surface area contributed by atoms with Crippen LogP contribution in [0.2, 0.25) is 0 Å². The number of Topliss-reactive ketones (excluding diaryl/α,β-unsaturated/α-hetero) is 1. The number of nitrogens with zero attached hydrogens (tertiary/aromatic N) is 3. The molecule has 0 bridgehead atoms. The van der Waals surface area contributed by atoms with E-state index in [1.165, 1.54) is 9.80 Å². The molecule has 234 valence electrons. The van der Waals surface area contributed by atoms with E-state index in [1.54, 1.807) is 57.4 Å². The zero-order valence-corrected chi connectivity index (χ0v) is 26.3. The van der Waals surface area contributed by atoms with Gasteiger partial charge >= 0.3 is 6.09 Å². The van der Waals surface area contributed by atoms with Gasteiger partial charge in [-0.1, -0.05) is 48.0 Å². The molecule has 0 fully saturated rings. The van der Waals surface area contributed by atoms with Crippen molar-refractivity contribution in [3.8, 4) is 6.07 Å². The Labute approximate surface area is 258 Å². The molecule has 44 heavy (non-hydrogen) atoms. The molecule has 3 atom stereocenters. The number of nitrogens with one attached hydrogen (secondary N) is 2. The van der Waals surface area contributed by atoms with Crippen LogP contribution in [-0.4, -0.2) is 81.9 Å². The van der Waals surface area contributed by atoms with Gasteiger partial charge in [-0.25, -0.2) is 17.9 Å². The van der Waals surface area contributed by atoms with Gasteiger partial charge in [-0.05, 0) is 61.9 Å². The molecule has 0 radical (unpaired) electrons. The highest BCUT2D eigenvalue weighted by Crippen LogP contribution is 2.37. The summed E-state index contributed by atoms with van der Waals surface area (Å²) in [6, 6.07) is 13.4. The number of carbonyl (C=O) groups excluding carboxylic acids is 3. The van der Waals surface area contributed by atoms with Crippen LogP contribution in [-0.2, 0) is 42.1 Å². The summed E-state index contributed by atoms with van der Waals surface area (Å²) >= 11 is 0. The number of sulfonamides is 1.